The van der Waals surface area contributed by atoms with E-state index in [4.69, 9.17) is 14.9 Å². The highest BCUT2D eigenvalue weighted by Crippen LogP contribution is 2.21. The summed E-state index contributed by atoms with van der Waals surface area (Å²) in [5.41, 5.74) is 6.54. The molecule has 0 amide bonds. The molecule has 0 spiro atoms. The maximum Gasteiger partial charge on any atom is 0.129 e. The second-order valence-electron chi connectivity index (χ2n) is 4.20. The third-order valence-corrected chi connectivity index (χ3v) is 2.96. The van der Waals surface area contributed by atoms with Crippen LogP contribution in [0.2, 0.25) is 0 Å². The molecular weight excluding hydrogens is 190 g/mol. The Labute approximate surface area is 90.6 Å². The summed E-state index contributed by atoms with van der Waals surface area (Å²) in [7, 11) is 0. The van der Waals surface area contributed by atoms with E-state index in [0.717, 1.165) is 11.3 Å². The van der Waals surface area contributed by atoms with E-state index in [1.54, 1.807) is 6.26 Å². The van der Waals surface area contributed by atoms with Crippen LogP contribution in [0.4, 0.5) is 0 Å². The lowest BCUT2D eigenvalue weighted by molar-refractivity contribution is 0.00877. The van der Waals surface area contributed by atoms with Crippen LogP contribution in [0.25, 0.3) is 0 Å². The highest BCUT2D eigenvalue weighted by molar-refractivity contribution is 5.11. The van der Waals surface area contributed by atoms with Crippen molar-refractivity contribution in [2.75, 3.05) is 0 Å². The molecule has 1 aromatic heterocycles. The van der Waals surface area contributed by atoms with Gasteiger partial charge in [0.1, 0.15) is 12.4 Å². The van der Waals surface area contributed by atoms with Gasteiger partial charge in [-0.15, -0.1) is 0 Å². The molecule has 0 aromatic carbocycles. The van der Waals surface area contributed by atoms with Crippen molar-refractivity contribution in [3.8, 4) is 0 Å². The Morgan fingerprint density at radius 1 is 1.33 bits per heavy atom. The van der Waals surface area contributed by atoms with Crippen molar-refractivity contribution in [2.45, 2.75) is 51.4 Å². The maximum atomic E-state index is 5.79. The van der Waals surface area contributed by atoms with Crippen LogP contribution in [0, 0.1) is 0 Å². The van der Waals surface area contributed by atoms with Crippen LogP contribution in [0.5, 0.6) is 0 Å². The molecule has 1 fully saturated rings. The average molecular weight is 209 g/mol. The Morgan fingerprint density at radius 3 is 2.80 bits per heavy atom. The van der Waals surface area contributed by atoms with E-state index in [1.165, 1.54) is 32.1 Å². The van der Waals surface area contributed by atoms with Crippen LogP contribution < -0.4 is 5.73 Å². The van der Waals surface area contributed by atoms with Crippen LogP contribution in [0.3, 0.4) is 0 Å². The van der Waals surface area contributed by atoms with Gasteiger partial charge in [0.25, 0.3) is 0 Å². The lowest BCUT2D eigenvalue weighted by Crippen LogP contribution is -2.16. The fraction of sp³-hybridized carbons (Fsp3) is 0.667. The zero-order chi connectivity index (χ0) is 10.5. The summed E-state index contributed by atoms with van der Waals surface area (Å²) in [4.78, 5) is 0. The van der Waals surface area contributed by atoms with Gasteiger partial charge in [-0.25, -0.2) is 0 Å². The minimum atomic E-state index is 0.435. The smallest absolute Gasteiger partial charge is 0.129 e. The summed E-state index contributed by atoms with van der Waals surface area (Å²) in [6.07, 6.45) is 8.50. The summed E-state index contributed by atoms with van der Waals surface area (Å²) in [5.74, 6) is 0.890. The molecule has 1 aromatic rings. The van der Waals surface area contributed by atoms with Crippen LogP contribution in [-0.4, -0.2) is 6.10 Å². The van der Waals surface area contributed by atoms with E-state index < -0.39 is 0 Å². The lowest BCUT2D eigenvalue weighted by Gasteiger charge is -2.21. The van der Waals surface area contributed by atoms with Gasteiger partial charge in [0, 0.05) is 12.1 Å². The van der Waals surface area contributed by atoms with Crippen molar-refractivity contribution < 1.29 is 9.15 Å². The maximum absolute atomic E-state index is 5.79. The fourth-order valence-electron chi connectivity index (χ4n) is 2.04. The molecule has 84 valence electrons. The van der Waals surface area contributed by atoms with Crippen molar-refractivity contribution in [1.29, 1.82) is 0 Å². The predicted octanol–water partition coefficient (Wildman–Crippen LogP) is 2.59. The largest absolute Gasteiger partial charge is 0.467 e. The first-order valence-corrected chi connectivity index (χ1v) is 5.76. The molecule has 0 bridgehead atoms. The highest BCUT2D eigenvalue weighted by atomic mass is 16.5. The first kappa shape index (κ1) is 10.7. The van der Waals surface area contributed by atoms with Crippen molar-refractivity contribution in [2.24, 2.45) is 5.73 Å². The molecule has 2 rings (SSSR count). The van der Waals surface area contributed by atoms with Crippen LogP contribution >= 0.6 is 0 Å². The first-order chi connectivity index (χ1) is 7.38. The summed E-state index contributed by atoms with van der Waals surface area (Å²) in [6.45, 7) is 1.12. The van der Waals surface area contributed by atoms with E-state index in [1.807, 2.05) is 6.07 Å². The van der Waals surface area contributed by atoms with Gasteiger partial charge in [-0.2, -0.15) is 0 Å². The number of ether oxygens (including phenoxy) is 1. The molecule has 0 radical (unpaired) electrons. The minimum Gasteiger partial charge on any atom is -0.467 e. The average Bonchev–Trinajstić information content (AvgIpc) is 2.76. The van der Waals surface area contributed by atoms with E-state index in [2.05, 4.69) is 0 Å². The third-order valence-electron chi connectivity index (χ3n) is 2.96. The van der Waals surface area contributed by atoms with Gasteiger partial charge >= 0.3 is 0 Å². The van der Waals surface area contributed by atoms with Crippen LogP contribution in [0.15, 0.2) is 16.7 Å². The van der Waals surface area contributed by atoms with Gasteiger partial charge in [0.15, 0.2) is 0 Å². The Hall–Kier alpha value is -0.800. The molecule has 0 aliphatic heterocycles. The number of rotatable bonds is 4. The molecule has 0 atom stereocenters. The molecule has 1 saturated carbocycles. The molecule has 0 unspecified atom stereocenters. The number of nitrogens with two attached hydrogens (primary N) is 1. The molecule has 3 nitrogen and oxygen atoms in total. The van der Waals surface area contributed by atoms with Gasteiger partial charge in [0.2, 0.25) is 0 Å². The van der Waals surface area contributed by atoms with Crippen molar-refractivity contribution in [1.82, 2.24) is 0 Å². The Morgan fingerprint density at radius 2 is 2.13 bits per heavy atom. The number of furan rings is 1. The second kappa shape index (κ2) is 5.33. The van der Waals surface area contributed by atoms with Crippen molar-refractivity contribution >= 4 is 0 Å². The molecule has 2 N–H and O–H groups in total. The molecule has 1 heterocycles. The quantitative estimate of drug-likeness (QED) is 0.829. The molecule has 1 aliphatic rings. The van der Waals surface area contributed by atoms with Gasteiger partial charge in [-0.05, 0) is 18.9 Å². The monoisotopic (exact) mass is 209 g/mol. The van der Waals surface area contributed by atoms with Gasteiger partial charge in [0.05, 0.1) is 12.4 Å². The first-order valence-electron chi connectivity index (χ1n) is 5.76. The Balaban J connectivity index is 1.76. The van der Waals surface area contributed by atoms with Crippen molar-refractivity contribution in [3.05, 3.63) is 23.7 Å². The zero-order valence-corrected chi connectivity index (χ0v) is 9.08. The normalized spacial score (nSPS) is 18.2. The Kier molecular flexibility index (Phi) is 3.80. The van der Waals surface area contributed by atoms with E-state index in [0.29, 0.717) is 19.3 Å². The van der Waals surface area contributed by atoms with Crippen LogP contribution in [0.1, 0.15) is 43.4 Å². The second-order valence-corrected chi connectivity index (χ2v) is 4.20. The topological polar surface area (TPSA) is 48.4 Å². The molecule has 0 saturated heterocycles. The van der Waals surface area contributed by atoms with E-state index in [-0.39, 0.29) is 0 Å². The van der Waals surface area contributed by atoms with E-state index >= 15 is 0 Å². The zero-order valence-electron chi connectivity index (χ0n) is 9.08. The predicted molar refractivity (Wildman–Crippen MR) is 58.3 cm³/mol. The molecule has 15 heavy (non-hydrogen) atoms. The fourth-order valence-corrected chi connectivity index (χ4v) is 2.04. The molecule has 3 heteroatoms. The Bertz CT molecular complexity index is 290. The van der Waals surface area contributed by atoms with Crippen LogP contribution in [-0.2, 0) is 17.9 Å². The van der Waals surface area contributed by atoms with E-state index in [9.17, 15) is 0 Å². The molecular formula is C12H19NO2. The highest BCUT2D eigenvalue weighted by Gasteiger charge is 2.14. The summed E-state index contributed by atoms with van der Waals surface area (Å²) >= 11 is 0. The lowest BCUT2D eigenvalue weighted by atomic mass is 9.98. The third kappa shape index (κ3) is 3.08. The number of hydrogen-bond donors (Lipinski definition) is 1. The molecule has 1 aliphatic carbocycles. The van der Waals surface area contributed by atoms with Gasteiger partial charge in [-0.3, -0.25) is 0 Å². The summed E-state index contributed by atoms with van der Waals surface area (Å²) in [6, 6.07) is 1.98. The summed E-state index contributed by atoms with van der Waals surface area (Å²) < 4.78 is 11.1. The van der Waals surface area contributed by atoms with Crippen molar-refractivity contribution in [3.63, 3.8) is 0 Å². The standard InChI is InChI=1S/C12H19NO2/c13-7-10-6-12(14-8-10)9-15-11-4-2-1-3-5-11/h6,8,11H,1-5,7,9,13H2. The summed E-state index contributed by atoms with van der Waals surface area (Å²) in [5, 5.41) is 0. The minimum absolute atomic E-state index is 0.435. The SMILES string of the molecule is NCc1coc(COC2CCCCC2)c1. The van der Waals surface area contributed by atoms with Gasteiger partial charge < -0.3 is 14.9 Å². The number of hydrogen-bond acceptors (Lipinski definition) is 3. The van der Waals surface area contributed by atoms with Gasteiger partial charge in [-0.1, -0.05) is 19.3 Å².